The van der Waals surface area contributed by atoms with Crippen LogP contribution in [0.4, 0.5) is 0 Å². The Hall–Kier alpha value is -1.73. The van der Waals surface area contributed by atoms with E-state index < -0.39 is 0 Å². The number of hydrogen-bond acceptors (Lipinski definition) is 3. The third-order valence-electron chi connectivity index (χ3n) is 1.89. The molecular weight excluding hydrogens is 206 g/mol. The molecule has 1 aromatic carbocycles. The third-order valence-corrected chi connectivity index (χ3v) is 2.90. The van der Waals surface area contributed by atoms with Crippen LogP contribution in [0.2, 0.25) is 0 Å². The van der Waals surface area contributed by atoms with Gasteiger partial charge in [-0.3, -0.25) is 0 Å². The van der Waals surface area contributed by atoms with E-state index >= 15 is 0 Å². The van der Waals surface area contributed by atoms with Crippen molar-refractivity contribution in [2.24, 2.45) is 0 Å². The summed E-state index contributed by atoms with van der Waals surface area (Å²) in [5.41, 5.74) is 0.694. The van der Waals surface area contributed by atoms with E-state index in [2.05, 4.69) is 16.0 Å². The molecule has 0 fully saturated rings. The molecule has 2 rings (SSSR count). The fourth-order valence-electron chi connectivity index (χ4n) is 1.18. The Morgan fingerprint density at radius 1 is 1.47 bits per heavy atom. The van der Waals surface area contributed by atoms with Crippen molar-refractivity contribution in [3.63, 3.8) is 0 Å². The Bertz CT molecular complexity index is 471. The number of nitrogens with zero attached hydrogens (tertiary/aromatic N) is 2. The van der Waals surface area contributed by atoms with Crippen LogP contribution in [0.15, 0.2) is 41.6 Å². The molecule has 0 aliphatic carbocycles. The highest BCUT2D eigenvalue weighted by Gasteiger charge is 1.98. The second kappa shape index (κ2) is 4.67. The second-order valence-electron chi connectivity index (χ2n) is 2.96. The molecule has 0 unspecified atom stereocenters. The van der Waals surface area contributed by atoms with Gasteiger partial charge in [0, 0.05) is 17.3 Å². The molecule has 0 atom stereocenters. The van der Waals surface area contributed by atoms with Gasteiger partial charge in [0.2, 0.25) is 0 Å². The number of hydrogen-bond donors (Lipinski definition) is 1. The number of thioether (sulfide) groups is 1. The van der Waals surface area contributed by atoms with Crippen molar-refractivity contribution in [2.75, 3.05) is 0 Å². The summed E-state index contributed by atoms with van der Waals surface area (Å²) in [6.45, 7) is 0. The van der Waals surface area contributed by atoms with Crippen molar-refractivity contribution in [2.45, 2.75) is 10.6 Å². The summed E-state index contributed by atoms with van der Waals surface area (Å²) < 4.78 is 0. The molecule has 1 aromatic heterocycles. The van der Waals surface area contributed by atoms with Gasteiger partial charge in [-0.2, -0.15) is 5.26 Å². The van der Waals surface area contributed by atoms with E-state index in [4.69, 9.17) is 5.26 Å². The number of aromatic amines is 1. The van der Waals surface area contributed by atoms with Gasteiger partial charge in [0.05, 0.1) is 17.4 Å². The number of nitrogens with one attached hydrogen (secondary N) is 1. The molecule has 0 bridgehead atoms. The summed E-state index contributed by atoms with van der Waals surface area (Å²) in [7, 11) is 0. The summed E-state index contributed by atoms with van der Waals surface area (Å²) in [6, 6.07) is 9.70. The quantitative estimate of drug-likeness (QED) is 0.800. The monoisotopic (exact) mass is 215 g/mol. The van der Waals surface area contributed by atoms with E-state index in [-0.39, 0.29) is 0 Å². The maximum Gasteiger partial charge on any atom is 0.116 e. The molecule has 3 nitrogen and oxygen atoms in total. The minimum Gasteiger partial charge on any atom is -0.348 e. The fourth-order valence-corrected chi connectivity index (χ4v) is 2.03. The summed E-state index contributed by atoms with van der Waals surface area (Å²) in [5.74, 6) is 1.74. The van der Waals surface area contributed by atoms with E-state index in [1.54, 1.807) is 24.0 Å². The topological polar surface area (TPSA) is 52.5 Å². The van der Waals surface area contributed by atoms with E-state index in [1.807, 2.05) is 24.4 Å². The molecule has 15 heavy (non-hydrogen) atoms. The molecular formula is C11H9N3S. The number of aromatic nitrogens is 2. The van der Waals surface area contributed by atoms with E-state index in [0.717, 1.165) is 16.5 Å². The largest absolute Gasteiger partial charge is 0.348 e. The van der Waals surface area contributed by atoms with Gasteiger partial charge in [-0.25, -0.2) is 4.98 Å². The summed E-state index contributed by atoms with van der Waals surface area (Å²) >= 11 is 1.66. The number of imidazole rings is 1. The second-order valence-corrected chi connectivity index (χ2v) is 4.01. The van der Waals surface area contributed by atoms with Crippen LogP contribution in [-0.2, 0) is 5.75 Å². The highest BCUT2D eigenvalue weighted by Crippen LogP contribution is 2.21. The maximum absolute atomic E-state index is 8.74. The van der Waals surface area contributed by atoms with E-state index in [1.165, 1.54) is 0 Å². The van der Waals surface area contributed by atoms with Crippen molar-refractivity contribution < 1.29 is 0 Å². The van der Waals surface area contributed by atoms with Crippen LogP contribution in [0.3, 0.4) is 0 Å². The summed E-state index contributed by atoms with van der Waals surface area (Å²) in [5, 5.41) is 8.74. The first-order valence-electron chi connectivity index (χ1n) is 4.50. The Labute approximate surface area is 92.2 Å². The van der Waals surface area contributed by atoms with Crippen LogP contribution in [0, 0.1) is 11.3 Å². The Morgan fingerprint density at radius 2 is 2.40 bits per heavy atom. The van der Waals surface area contributed by atoms with E-state index in [0.29, 0.717) is 5.56 Å². The minimum absolute atomic E-state index is 0.694. The van der Waals surface area contributed by atoms with Gasteiger partial charge in [-0.15, -0.1) is 11.8 Å². The van der Waals surface area contributed by atoms with Crippen LogP contribution in [-0.4, -0.2) is 9.97 Å². The Kier molecular flexibility index (Phi) is 3.05. The Morgan fingerprint density at radius 3 is 3.13 bits per heavy atom. The summed E-state index contributed by atoms with van der Waals surface area (Å²) in [6.07, 6.45) is 3.54. The molecule has 4 heteroatoms. The van der Waals surface area contributed by atoms with Crippen LogP contribution in [0.5, 0.6) is 0 Å². The molecule has 1 heterocycles. The van der Waals surface area contributed by atoms with E-state index in [9.17, 15) is 0 Å². The number of rotatable bonds is 3. The molecule has 1 N–H and O–H groups in total. The lowest BCUT2D eigenvalue weighted by Gasteiger charge is -1.99. The molecule has 0 aliphatic rings. The van der Waals surface area contributed by atoms with Gasteiger partial charge in [0.25, 0.3) is 0 Å². The van der Waals surface area contributed by atoms with Crippen LogP contribution >= 0.6 is 11.8 Å². The van der Waals surface area contributed by atoms with Crippen molar-refractivity contribution in [1.82, 2.24) is 9.97 Å². The van der Waals surface area contributed by atoms with Gasteiger partial charge in [0.15, 0.2) is 0 Å². The van der Waals surface area contributed by atoms with Crippen LogP contribution in [0.25, 0.3) is 0 Å². The van der Waals surface area contributed by atoms with Crippen molar-refractivity contribution >= 4 is 11.8 Å². The van der Waals surface area contributed by atoms with Crippen molar-refractivity contribution in [3.8, 4) is 6.07 Å². The zero-order valence-electron chi connectivity index (χ0n) is 7.97. The third kappa shape index (κ3) is 2.61. The predicted molar refractivity (Wildman–Crippen MR) is 59.3 cm³/mol. The highest BCUT2D eigenvalue weighted by atomic mass is 32.2. The van der Waals surface area contributed by atoms with Gasteiger partial charge in [-0.05, 0) is 18.2 Å². The minimum atomic E-state index is 0.694. The number of nitriles is 1. The molecule has 0 radical (unpaired) electrons. The average Bonchev–Trinajstić information content (AvgIpc) is 2.79. The number of benzene rings is 1. The molecule has 0 saturated carbocycles. The molecule has 2 aromatic rings. The van der Waals surface area contributed by atoms with Crippen molar-refractivity contribution in [1.29, 1.82) is 5.26 Å². The maximum atomic E-state index is 8.74. The van der Waals surface area contributed by atoms with Gasteiger partial charge >= 0.3 is 0 Å². The molecule has 74 valence electrons. The van der Waals surface area contributed by atoms with Crippen molar-refractivity contribution in [3.05, 3.63) is 48.0 Å². The lowest BCUT2D eigenvalue weighted by molar-refractivity contribution is 1.12. The van der Waals surface area contributed by atoms with Crippen LogP contribution < -0.4 is 0 Å². The van der Waals surface area contributed by atoms with Gasteiger partial charge in [0.1, 0.15) is 5.82 Å². The summed E-state index contributed by atoms with van der Waals surface area (Å²) in [4.78, 5) is 8.26. The Balaban J connectivity index is 2.02. The normalized spacial score (nSPS) is 9.80. The first kappa shape index (κ1) is 9.81. The predicted octanol–water partition coefficient (Wildman–Crippen LogP) is 2.57. The fraction of sp³-hybridized carbons (Fsp3) is 0.0909. The highest BCUT2D eigenvalue weighted by molar-refractivity contribution is 7.98. The van der Waals surface area contributed by atoms with Gasteiger partial charge < -0.3 is 4.98 Å². The smallest absolute Gasteiger partial charge is 0.116 e. The van der Waals surface area contributed by atoms with Gasteiger partial charge in [-0.1, -0.05) is 6.07 Å². The molecule has 0 saturated heterocycles. The first-order valence-corrected chi connectivity index (χ1v) is 5.48. The zero-order chi connectivity index (χ0) is 10.5. The number of H-pyrrole nitrogens is 1. The SMILES string of the molecule is N#Cc1cccc(SCc2ncc[nH]2)c1. The zero-order valence-corrected chi connectivity index (χ0v) is 8.79. The molecule has 0 aliphatic heterocycles. The standard InChI is InChI=1S/C11H9N3S/c12-7-9-2-1-3-10(6-9)15-8-11-13-4-5-14-11/h1-6H,8H2,(H,13,14). The first-order chi connectivity index (χ1) is 7.38. The average molecular weight is 215 g/mol. The lowest BCUT2D eigenvalue weighted by Crippen LogP contribution is -1.83. The molecule has 0 spiro atoms. The van der Waals surface area contributed by atoms with Crippen LogP contribution in [0.1, 0.15) is 11.4 Å². The molecule has 0 amide bonds. The lowest BCUT2D eigenvalue weighted by atomic mass is 10.2.